The van der Waals surface area contributed by atoms with Crippen LogP contribution in [-0.4, -0.2) is 79.5 Å². The number of benzene rings is 1. The number of amides is 3. The maximum Gasteiger partial charge on any atom is 0.328 e. The minimum atomic E-state index is -1.32. The quantitative estimate of drug-likeness (QED) is 0.188. The number of hydrogen-bond donors (Lipinski definition) is 7. The van der Waals surface area contributed by atoms with Crippen LogP contribution in [0.2, 0.25) is 0 Å². The molecule has 188 valence electrons. The Labute approximate surface area is 198 Å². The van der Waals surface area contributed by atoms with Crippen molar-refractivity contribution in [2.75, 3.05) is 39.3 Å². The molecule has 1 aliphatic heterocycles. The summed E-state index contributed by atoms with van der Waals surface area (Å²) >= 11 is 0. The van der Waals surface area contributed by atoms with Gasteiger partial charge < -0.3 is 41.5 Å². The van der Waals surface area contributed by atoms with Gasteiger partial charge in [0, 0.05) is 25.7 Å². The third-order valence-corrected chi connectivity index (χ3v) is 4.94. The van der Waals surface area contributed by atoms with Crippen molar-refractivity contribution in [1.29, 1.82) is 0 Å². The first-order valence-electron chi connectivity index (χ1n) is 11.4. The van der Waals surface area contributed by atoms with E-state index in [0.717, 1.165) is 44.7 Å². The number of phenols is 1. The number of phenolic OH excluding ortho intramolecular Hbond substituents is 1. The average Bonchev–Trinajstić information content (AvgIpc) is 3.32. The number of guanidine groups is 1. The molecule has 12 nitrogen and oxygen atoms in total. The summed E-state index contributed by atoms with van der Waals surface area (Å²) in [6.07, 6.45) is 3.92. The summed E-state index contributed by atoms with van der Waals surface area (Å²) in [5.41, 5.74) is -0.0421. The molecule has 1 atom stereocenters. The van der Waals surface area contributed by atoms with Crippen LogP contribution in [-0.2, 0) is 4.79 Å². The van der Waals surface area contributed by atoms with E-state index < -0.39 is 23.9 Å². The van der Waals surface area contributed by atoms with E-state index >= 15 is 0 Å². The number of carbonyl (C=O) groups is 3. The number of ether oxygens (including phenoxy) is 1. The lowest BCUT2D eigenvalue weighted by Gasteiger charge is -2.16. The van der Waals surface area contributed by atoms with E-state index in [2.05, 4.69) is 38.5 Å². The molecule has 0 saturated carbocycles. The molecule has 7 N–H and O–H groups in total. The smallest absolute Gasteiger partial charge is 0.328 e. The number of aromatic hydroxyl groups is 1. The van der Waals surface area contributed by atoms with E-state index in [1.807, 2.05) is 0 Å². The molecule has 0 radical (unpaired) electrons. The first kappa shape index (κ1) is 26.6. The van der Waals surface area contributed by atoms with Crippen molar-refractivity contribution in [1.82, 2.24) is 26.6 Å². The zero-order valence-corrected chi connectivity index (χ0v) is 19.4. The highest BCUT2D eigenvalue weighted by Crippen LogP contribution is 2.23. The number of aliphatic imine (C=N–C) groups is 1. The topological polar surface area (TPSA) is 173 Å². The fourth-order valence-electron chi connectivity index (χ4n) is 3.10. The molecule has 0 spiro atoms. The molecule has 1 aliphatic rings. The number of rotatable bonds is 14. The molecular formula is C22H34N6O6. The highest BCUT2D eigenvalue weighted by atomic mass is 16.5. The molecule has 0 unspecified atom stereocenters. The normalized spacial score (nSPS) is 13.3. The first-order valence-corrected chi connectivity index (χ1v) is 11.4. The number of hydrogen-bond acceptors (Lipinski definition) is 8. The van der Waals surface area contributed by atoms with Gasteiger partial charge in [0.25, 0.3) is 5.91 Å². The predicted molar refractivity (Wildman–Crippen MR) is 126 cm³/mol. The van der Waals surface area contributed by atoms with Gasteiger partial charge in [-0.15, -0.1) is 0 Å². The molecule has 0 aromatic heterocycles. The molecule has 12 heteroatoms. The van der Waals surface area contributed by atoms with Gasteiger partial charge in [-0.3, -0.25) is 9.79 Å². The minimum Gasteiger partial charge on any atom is -0.507 e. The van der Waals surface area contributed by atoms with Gasteiger partial charge >= 0.3 is 12.0 Å². The molecule has 1 aromatic rings. The van der Waals surface area contributed by atoms with E-state index in [-0.39, 0.29) is 17.9 Å². The monoisotopic (exact) mass is 478 g/mol. The van der Waals surface area contributed by atoms with Crippen LogP contribution >= 0.6 is 0 Å². The van der Waals surface area contributed by atoms with Crippen LogP contribution in [0.15, 0.2) is 23.2 Å². The Morgan fingerprint density at radius 1 is 1.18 bits per heavy atom. The summed E-state index contributed by atoms with van der Waals surface area (Å²) in [6.45, 7) is 4.53. The standard InChI is InChI=1S/C22H34N6O6/c1-2-3-4-5-8-26-22(33)28-17(20(31)32)14-27-19(30)16-7-6-15(13-18(16)29)34-12-11-25-21-23-9-10-24-21/h6-7,13,17,29H,2-5,8-12,14H2,1H3,(H,27,30)(H,31,32)(H2,23,24,25)(H2,26,28,33)/t17-/m0/s1. The van der Waals surface area contributed by atoms with E-state index in [9.17, 15) is 24.6 Å². The van der Waals surface area contributed by atoms with Crippen LogP contribution in [0.5, 0.6) is 11.5 Å². The van der Waals surface area contributed by atoms with Crippen LogP contribution in [0.1, 0.15) is 43.0 Å². The molecule has 2 rings (SSSR count). The second kappa shape index (κ2) is 14.4. The fourth-order valence-corrected chi connectivity index (χ4v) is 3.10. The summed E-state index contributed by atoms with van der Waals surface area (Å²) < 4.78 is 5.54. The van der Waals surface area contributed by atoms with Crippen LogP contribution < -0.4 is 31.3 Å². The Hall–Kier alpha value is -3.70. The molecule has 1 heterocycles. The zero-order valence-electron chi connectivity index (χ0n) is 19.4. The largest absolute Gasteiger partial charge is 0.507 e. The Balaban J connectivity index is 1.76. The van der Waals surface area contributed by atoms with Crippen LogP contribution in [0, 0.1) is 0 Å². The molecule has 3 amide bonds. The number of urea groups is 1. The van der Waals surface area contributed by atoms with Gasteiger partial charge in [0.15, 0.2) is 5.96 Å². The van der Waals surface area contributed by atoms with Crippen molar-refractivity contribution in [3.63, 3.8) is 0 Å². The molecule has 0 fully saturated rings. The summed E-state index contributed by atoms with van der Waals surface area (Å²) in [6, 6.07) is 2.27. The Morgan fingerprint density at radius 2 is 2.00 bits per heavy atom. The number of nitrogens with zero attached hydrogens (tertiary/aromatic N) is 1. The highest BCUT2D eigenvalue weighted by Gasteiger charge is 2.22. The summed E-state index contributed by atoms with van der Waals surface area (Å²) in [5, 5.41) is 33.0. The lowest BCUT2D eigenvalue weighted by molar-refractivity contribution is -0.139. The van der Waals surface area contributed by atoms with Crippen LogP contribution in [0.25, 0.3) is 0 Å². The Morgan fingerprint density at radius 3 is 2.68 bits per heavy atom. The van der Waals surface area contributed by atoms with Gasteiger partial charge in [-0.1, -0.05) is 26.2 Å². The number of unbranched alkanes of at least 4 members (excludes halogenated alkanes) is 3. The lowest BCUT2D eigenvalue weighted by Crippen LogP contribution is -2.51. The lowest BCUT2D eigenvalue weighted by atomic mass is 10.1. The van der Waals surface area contributed by atoms with Gasteiger partial charge in [0.2, 0.25) is 0 Å². The van der Waals surface area contributed by atoms with Crippen LogP contribution in [0.3, 0.4) is 0 Å². The third kappa shape index (κ3) is 9.43. The SMILES string of the molecule is CCCCCCNC(=O)N[C@@H](CNC(=O)c1ccc(OCCNC2=NCCN2)cc1O)C(=O)O. The van der Waals surface area contributed by atoms with Crippen molar-refractivity contribution < 1.29 is 29.3 Å². The Kier molecular flexibility index (Phi) is 11.3. The highest BCUT2D eigenvalue weighted by molar-refractivity contribution is 5.97. The third-order valence-electron chi connectivity index (χ3n) is 4.94. The molecule has 34 heavy (non-hydrogen) atoms. The maximum atomic E-state index is 12.4. The van der Waals surface area contributed by atoms with Crippen molar-refractivity contribution in [3.05, 3.63) is 23.8 Å². The second-order valence-electron chi connectivity index (χ2n) is 7.67. The number of carboxylic acid groups (broad SMARTS) is 1. The summed E-state index contributed by atoms with van der Waals surface area (Å²) in [4.78, 5) is 40.0. The Bertz CT molecular complexity index is 862. The van der Waals surface area contributed by atoms with Crippen molar-refractivity contribution in [2.45, 2.75) is 38.6 Å². The number of nitrogens with one attached hydrogen (secondary N) is 5. The van der Waals surface area contributed by atoms with E-state index in [1.54, 1.807) is 0 Å². The van der Waals surface area contributed by atoms with E-state index in [0.29, 0.717) is 25.4 Å². The predicted octanol–water partition coefficient (Wildman–Crippen LogP) is 0.382. The van der Waals surface area contributed by atoms with Crippen molar-refractivity contribution >= 4 is 23.9 Å². The molecule has 1 aromatic carbocycles. The van der Waals surface area contributed by atoms with Crippen LogP contribution in [0.4, 0.5) is 4.79 Å². The van der Waals surface area contributed by atoms with Gasteiger partial charge in [-0.05, 0) is 18.6 Å². The minimum absolute atomic E-state index is 0.0421. The van der Waals surface area contributed by atoms with Gasteiger partial charge in [0.05, 0.1) is 18.7 Å². The zero-order chi connectivity index (χ0) is 24.8. The molecule has 0 bridgehead atoms. The number of carboxylic acids is 1. The number of aliphatic carboxylic acids is 1. The van der Waals surface area contributed by atoms with E-state index in [4.69, 9.17) is 4.74 Å². The van der Waals surface area contributed by atoms with E-state index in [1.165, 1.54) is 18.2 Å². The first-order chi connectivity index (χ1) is 16.4. The van der Waals surface area contributed by atoms with Gasteiger partial charge in [-0.25, -0.2) is 9.59 Å². The van der Waals surface area contributed by atoms with Crippen molar-refractivity contribution in [2.24, 2.45) is 4.99 Å². The molecule has 0 saturated heterocycles. The summed E-state index contributed by atoms with van der Waals surface area (Å²) in [7, 11) is 0. The van der Waals surface area contributed by atoms with Gasteiger partial charge in [-0.2, -0.15) is 0 Å². The second-order valence-corrected chi connectivity index (χ2v) is 7.67. The maximum absolute atomic E-state index is 12.4. The average molecular weight is 479 g/mol. The molecule has 0 aliphatic carbocycles. The molecular weight excluding hydrogens is 444 g/mol. The number of carbonyl (C=O) groups excluding carboxylic acids is 2. The fraction of sp³-hybridized carbons (Fsp3) is 0.545. The summed E-state index contributed by atoms with van der Waals surface area (Å²) in [5.74, 6) is -1.18. The van der Waals surface area contributed by atoms with Crippen molar-refractivity contribution in [3.8, 4) is 11.5 Å². The van der Waals surface area contributed by atoms with Gasteiger partial charge in [0.1, 0.15) is 24.1 Å².